The Morgan fingerprint density at radius 1 is 0.941 bits per heavy atom. The lowest BCUT2D eigenvalue weighted by atomic mass is 10.1. The Balaban J connectivity index is 1.55. The van der Waals surface area contributed by atoms with Crippen LogP contribution in [0.1, 0.15) is 39.2 Å². The number of nitrogens with one attached hydrogen (secondary N) is 1. The molecular formula is C27H25N5OS. The van der Waals surface area contributed by atoms with E-state index >= 15 is 0 Å². The summed E-state index contributed by atoms with van der Waals surface area (Å²) in [6, 6.07) is 16.3. The molecule has 5 rings (SSSR count). The maximum absolute atomic E-state index is 12.9. The molecule has 170 valence electrons. The Labute approximate surface area is 203 Å². The number of carbonyl (C=O) groups is 1. The first-order chi connectivity index (χ1) is 16.3. The lowest BCUT2D eigenvalue weighted by Gasteiger charge is -2.20. The van der Waals surface area contributed by atoms with Crippen LogP contribution in [0.3, 0.4) is 0 Å². The predicted octanol–water partition coefficient (Wildman–Crippen LogP) is 5.69. The monoisotopic (exact) mass is 467 g/mol. The summed E-state index contributed by atoms with van der Waals surface area (Å²) in [5.41, 5.74) is 8.79. The van der Waals surface area contributed by atoms with E-state index in [4.69, 9.17) is 5.41 Å². The average molecular weight is 468 g/mol. The van der Waals surface area contributed by atoms with E-state index in [0.29, 0.717) is 5.17 Å². The van der Waals surface area contributed by atoms with Gasteiger partial charge in [-0.3, -0.25) is 10.2 Å². The quantitative estimate of drug-likeness (QED) is 0.503. The number of amidine groups is 2. The van der Waals surface area contributed by atoms with Crippen LogP contribution in [-0.2, 0) is 4.79 Å². The van der Waals surface area contributed by atoms with Crippen molar-refractivity contribution in [2.24, 2.45) is 10.1 Å². The lowest BCUT2D eigenvalue weighted by Crippen LogP contribution is -2.35. The van der Waals surface area contributed by atoms with Crippen molar-refractivity contribution in [2.75, 3.05) is 0 Å². The van der Waals surface area contributed by atoms with Gasteiger partial charge in [0.25, 0.3) is 5.91 Å². The van der Waals surface area contributed by atoms with Crippen molar-refractivity contribution in [3.05, 3.63) is 93.3 Å². The van der Waals surface area contributed by atoms with Crippen molar-refractivity contribution in [3.8, 4) is 5.69 Å². The second-order valence-corrected chi connectivity index (χ2v) is 9.60. The second-order valence-electron chi connectivity index (χ2n) is 8.64. The molecule has 2 aliphatic rings. The number of thioether (sulfide) groups is 1. The first-order valence-corrected chi connectivity index (χ1v) is 11.9. The van der Waals surface area contributed by atoms with Gasteiger partial charge in [-0.25, -0.2) is 0 Å². The Kier molecular flexibility index (Phi) is 5.37. The highest BCUT2D eigenvalue weighted by molar-refractivity contribution is 8.27. The molecule has 6 nitrogen and oxygen atoms in total. The fourth-order valence-corrected chi connectivity index (χ4v) is 5.49. The van der Waals surface area contributed by atoms with Crippen LogP contribution in [-0.4, -0.2) is 31.5 Å². The van der Waals surface area contributed by atoms with E-state index in [1.165, 1.54) is 27.9 Å². The summed E-state index contributed by atoms with van der Waals surface area (Å²) >= 11 is 1.32. The van der Waals surface area contributed by atoms with Crippen LogP contribution in [0.4, 0.5) is 0 Å². The average Bonchev–Trinajstić information content (AvgIpc) is 3.33. The molecule has 34 heavy (non-hydrogen) atoms. The van der Waals surface area contributed by atoms with Gasteiger partial charge in [0.05, 0.1) is 11.3 Å². The summed E-state index contributed by atoms with van der Waals surface area (Å²) in [6.07, 6.45) is 1.77. The first-order valence-electron chi connectivity index (χ1n) is 11.1. The normalized spacial score (nSPS) is 16.7. The summed E-state index contributed by atoms with van der Waals surface area (Å²) in [7, 11) is 0. The Morgan fingerprint density at radius 3 is 2.32 bits per heavy atom. The lowest BCUT2D eigenvalue weighted by molar-refractivity contribution is -0.114. The molecule has 0 saturated carbocycles. The fraction of sp³-hybridized carbons (Fsp3) is 0.185. The molecule has 0 radical (unpaired) electrons. The fourth-order valence-electron chi connectivity index (χ4n) is 4.51. The molecule has 0 unspecified atom stereocenters. The molecule has 0 aliphatic carbocycles. The Morgan fingerprint density at radius 2 is 1.62 bits per heavy atom. The van der Waals surface area contributed by atoms with Crippen molar-refractivity contribution in [1.82, 2.24) is 9.58 Å². The maximum Gasteiger partial charge on any atom is 0.283 e. The van der Waals surface area contributed by atoms with E-state index in [1.54, 1.807) is 6.08 Å². The number of hydrogen-bond acceptors (Lipinski definition) is 4. The van der Waals surface area contributed by atoms with Crippen molar-refractivity contribution in [3.63, 3.8) is 0 Å². The van der Waals surface area contributed by atoms with Crippen LogP contribution in [0.2, 0.25) is 0 Å². The van der Waals surface area contributed by atoms with Gasteiger partial charge < -0.3 is 4.57 Å². The maximum atomic E-state index is 12.9. The number of nitrogens with zero attached hydrogens (tertiary/aromatic N) is 4. The number of amides is 1. The number of aliphatic imine (C=N–C) groups is 1. The summed E-state index contributed by atoms with van der Waals surface area (Å²) < 4.78 is 2.21. The number of aromatic nitrogens is 1. The van der Waals surface area contributed by atoms with Crippen molar-refractivity contribution in [1.29, 1.82) is 5.41 Å². The van der Waals surface area contributed by atoms with Gasteiger partial charge in [0, 0.05) is 17.0 Å². The molecule has 2 aliphatic heterocycles. The van der Waals surface area contributed by atoms with E-state index < -0.39 is 5.91 Å². The van der Waals surface area contributed by atoms with Gasteiger partial charge >= 0.3 is 0 Å². The van der Waals surface area contributed by atoms with E-state index in [0.717, 1.165) is 38.8 Å². The van der Waals surface area contributed by atoms with Crippen LogP contribution in [0.15, 0.2) is 64.2 Å². The summed E-state index contributed by atoms with van der Waals surface area (Å²) in [5.74, 6) is -0.371. The van der Waals surface area contributed by atoms with E-state index in [9.17, 15) is 4.79 Å². The molecule has 0 spiro atoms. The zero-order chi connectivity index (χ0) is 24.1. The van der Waals surface area contributed by atoms with Crippen LogP contribution >= 0.6 is 11.8 Å². The number of hydrogen-bond donors (Lipinski definition) is 1. The molecule has 7 heteroatoms. The molecule has 0 bridgehead atoms. The third kappa shape index (κ3) is 3.53. The molecule has 2 aromatic carbocycles. The van der Waals surface area contributed by atoms with Gasteiger partial charge in [-0.15, -0.1) is 0 Å². The number of aryl methyl sites for hydroxylation is 4. The third-order valence-corrected chi connectivity index (χ3v) is 7.20. The minimum Gasteiger partial charge on any atom is -0.317 e. The van der Waals surface area contributed by atoms with Gasteiger partial charge in [-0.05, 0) is 80.8 Å². The highest BCUT2D eigenvalue weighted by Gasteiger charge is 2.36. The van der Waals surface area contributed by atoms with Crippen molar-refractivity contribution in [2.45, 2.75) is 34.6 Å². The molecule has 1 N–H and O–H groups in total. The molecule has 3 heterocycles. The van der Waals surface area contributed by atoms with Gasteiger partial charge in [-0.1, -0.05) is 42.5 Å². The molecule has 1 aromatic heterocycles. The van der Waals surface area contributed by atoms with E-state index in [-0.39, 0.29) is 11.4 Å². The van der Waals surface area contributed by atoms with E-state index in [1.807, 2.05) is 38.1 Å². The number of para-hydroxylation sites is 1. The van der Waals surface area contributed by atoms with Gasteiger partial charge in [-0.2, -0.15) is 15.1 Å². The standard InChI is InChI=1S/C27H25N5OS/c1-15-9-6-7-12-21(15)26-30-32-24(28)22(25(33)29-27(32)34-26)14-20-13-18(4)31(19(20)5)23-16(2)10-8-11-17(23)3/h6-14,28H,1-5H3/b22-14-,28-24?. The molecular weight excluding hydrogens is 442 g/mol. The Bertz CT molecular complexity index is 1450. The van der Waals surface area contributed by atoms with Crippen LogP contribution in [0.25, 0.3) is 11.8 Å². The van der Waals surface area contributed by atoms with Gasteiger partial charge in [0.1, 0.15) is 5.04 Å². The second kappa shape index (κ2) is 8.25. The molecule has 0 saturated heterocycles. The third-order valence-electron chi connectivity index (χ3n) is 6.26. The predicted molar refractivity (Wildman–Crippen MR) is 140 cm³/mol. The molecule has 0 fully saturated rings. The molecule has 3 aromatic rings. The number of hydrazone groups is 1. The highest BCUT2D eigenvalue weighted by atomic mass is 32.2. The smallest absolute Gasteiger partial charge is 0.283 e. The SMILES string of the molecule is Cc1ccccc1C1=NN2C(=N)/C(=C/c3cc(C)n(-c4c(C)cccc4C)c3C)C(=O)N=C2S1. The zero-order valence-corrected chi connectivity index (χ0v) is 20.6. The van der Waals surface area contributed by atoms with Crippen LogP contribution in [0, 0.1) is 40.0 Å². The number of carbonyl (C=O) groups excluding carboxylic acids is 1. The first kappa shape index (κ1) is 22.1. The van der Waals surface area contributed by atoms with Crippen molar-refractivity contribution >= 4 is 39.8 Å². The summed E-state index contributed by atoms with van der Waals surface area (Å²) in [5, 5.41) is 16.0. The minimum absolute atomic E-state index is 0.0444. The van der Waals surface area contributed by atoms with Gasteiger partial charge in [0.2, 0.25) is 5.17 Å². The Hall–Kier alpha value is -3.71. The van der Waals surface area contributed by atoms with Crippen molar-refractivity contribution < 1.29 is 4.79 Å². The number of benzene rings is 2. The largest absolute Gasteiger partial charge is 0.317 e. The number of rotatable bonds is 3. The van der Waals surface area contributed by atoms with Crippen LogP contribution in [0.5, 0.6) is 0 Å². The molecule has 0 atom stereocenters. The van der Waals surface area contributed by atoms with Gasteiger partial charge in [0.15, 0.2) is 5.84 Å². The highest BCUT2D eigenvalue weighted by Crippen LogP contribution is 2.33. The van der Waals surface area contributed by atoms with E-state index in [2.05, 4.69) is 59.7 Å². The topological polar surface area (TPSA) is 73.8 Å². The van der Waals surface area contributed by atoms with Crippen LogP contribution < -0.4 is 0 Å². The molecule has 1 amide bonds. The minimum atomic E-state index is -0.415. The number of fused-ring (bicyclic) bond motifs is 1. The zero-order valence-electron chi connectivity index (χ0n) is 19.8. The summed E-state index contributed by atoms with van der Waals surface area (Å²) in [6.45, 7) is 10.3. The summed E-state index contributed by atoms with van der Waals surface area (Å²) in [4.78, 5) is 17.2.